The third-order valence-electron chi connectivity index (χ3n) is 4.57. The fourth-order valence-corrected chi connectivity index (χ4v) is 3.19. The Morgan fingerprint density at radius 2 is 0.400 bits per heavy atom. The molecule has 0 aliphatic heterocycles. The van der Waals surface area contributed by atoms with Crippen LogP contribution in [0.15, 0.2) is 74.4 Å². The summed E-state index contributed by atoms with van der Waals surface area (Å²) in [6, 6.07) is 0. The predicted molar refractivity (Wildman–Crippen MR) is 150 cm³/mol. The average molecular weight is 707 g/mol. The number of hydrogen-bond acceptors (Lipinski definition) is 12. The summed E-state index contributed by atoms with van der Waals surface area (Å²) in [5, 5.41) is 46.4. The van der Waals surface area contributed by atoms with Gasteiger partial charge in [0, 0.05) is 37.2 Å². The molecular weight excluding hydrogens is 669 g/mol. The molecular formula is C12H38B2N18NiO12. The molecule has 0 amide bonds. The summed E-state index contributed by atoms with van der Waals surface area (Å²) in [6.45, 7) is 0. The van der Waals surface area contributed by atoms with E-state index in [2.05, 4.69) is 61.9 Å². The Balaban J connectivity index is -0.0000000638. The molecule has 0 aromatic carbocycles. The van der Waals surface area contributed by atoms with Gasteiger partial charge in [0.25, 0.3) is 0 Å². The molecule has 0 radical (unpaired) electrons. The third kappa shape index (κ3) is 14.3. The summed E-state index contributed by atoms with van der Waals surface area (Å²) in [4.78, 5) is 0. The van der Waals surface area contributed by atoms with E-state index in [0.29, 0.717) is 0 Å². The molecule has 0 saturated heterocycles. The first kappa shape index (κ1) is 63.3. The third-order valence-corrected chi connectivity index (χ3v) is 4.57. The fourth-order valence-electron chi connectivity index (χ4n) is 3.19. The number of aromatic nitrogens is 18. The van der Waals surface area contributed by atoms with E-state index in [1.807, 2.05) is 0 Å². The van der Waals surface area contributed by atoms with Gasteiger partial charge in [0.1, 0.15) is 0 Å². The van der Waals surface area contributed by atoms with Crippen molar-refractivity contribution in [3.63, 3.8) is 0 Å². The van der Waals surface area contributed by atoms with Gasteiger partial charge in [-0.05, 0) is 0 Å². The molecule has 0 unspecified atom stereocenters. The van der Waals surface area contributed by atoms with Crippen molar-refractivity contribution in [1.82, 2.24) is 89.4 Å². The molecule has 6 aromatic heterocycles. The van der Waals surface area contributed by atoms with Gasteiger partial charge >= 0.3 is 30.7 Å². The van der Waals surface area contributed by atoms with Gasteiger partial charge < -0.3 is 93.3 Å². The van der Waals surface area contributed by atoms with Crippen LogP contribution in [0.3, 0.4) is 0 Å². The second-order valence-corrected chi connectivity index (χ2v) is 6.50. The second-order valence-electron chi connectivity index (χ2n) is 6.50. The van der Waals surface area contributed by atoms with Crippen LogP contribution >= 0.6 is 0 Å². The van der Waals surface area contributed by atoms with E-state index in [1.54, 1.807) is 102 Å². The molecule has 0 aliphatic carbocycles. The van der Waals surface area contributed by atoms with Gasteiger partial charge in [-0.15, -0.1) is 61.9 Å². The van der Waals surface area contributed by atoms with Gasteiger partial charge in [-0.25, -0.2) is 0 Å². The quantitative estimate of drug-likeness (QED) is 0.146. The van der Waals surface area contributed by atoms with E-state index in [-0.39, 0.29) is 82.2 Å². The molecule has 33 heteroatoms. The van der Waals surface area contributed by atoms with Crippen LogP contribution in [0.5, 0.6) is 0 Å². The normalized spacial score (nSPS) is 7.87. The van der Waals surface area contributed by atoms with Crippen LogP contribution in [-0.4, -0.2) is 169 Å². The molecule has 24 N–H and O–H groups in total. The predicted octanol–water partition coefficient (Wildman–Crippen LogP) is -13.7. The van der Waals surface area contributed by atoms with Gasteiger partial charge in [-0.2, -0.15) is 0 Å². The molecule has 0 fully saturated rings. The van der Waals surface area contributed by atoms with Crippen molar-refractivity contribution in [2.45, 2.75) is 0 Å². The summed E-state index contributed by atoms with van der Waals surface area (Å²) in [6.07, 6.45) is 20.2. The molecule has 0 atom stereocenters. The van der Waals surface area contributed by atoms with Crippen LogP contribution in [0.25, 0.3) is 0 Å². The average Bonchev–Trinajstić information content (AvgIpc) is 3.67. The van der Waals surface area contributed by atoms with Crippen LogP contribution in [0.1, 0.15) is 0 Å². The van der Waals surface area contributed by atoms with E-state index in [9.17, 15) is 0 Å². The van der Waals surface area contributed by atoms with E-state index in [0.717, 1.165) is 0 Å². The maximum atomic E-state index is 3.96. The zero-order valence-electron chi connectivity index (χ0n) is 22.7. The van der Waals surface area contributed by atoms with Crippen molar-refractivity contribution in [1.29, 1.82) is 0 Å². The fraction of sp³-hybridized carbons (Fsp3) is 0. The molecule has 6 heterocycles. The Labute approximate surface area is 260 Å². The van der Waals surface area contributed by atoms with Crippen molar-refractivity contribution in [2.24, 2.45) is 0 Å². The maximum Gasteiger partial charge on any atom is 2.00 e. The molecule has 30 nitrogen and oxygen atoms in total. The summed E-state index contributed by atoms with van der Waals surface area (Å²) in [5.74, 6) is 0. The van der Waals surface area contributed by atoms with E-state index in [4.69, 9.17) is 0 Å². The standard InChI is InChI=1S/2C6H7BN9.Ni.12H2O/c2*1-4-14(11-8-1)7(15-5-2-9-12-15)16-6-3-10-13-16;;;;;;;;;;;;;/h2*1-7H;;12*1H2/q2*-1;+2;;;;;;;;;;;;. The van der Waals surface area contributed by atoms with Crippen LogP contribution < -0.4 is 0 Å². The molecule has 0 aliphatic rings. The van der Waals surface area contributed by atoms with Gasteiger partial charge in [-0.3, -0.25) is 0 Å². The number of nitrogens with zero attached hydrogens (tertiary/aromatic N) is 18. The molecule has 6 rings (SSSR count). The molecule has 0 saturated carbocycles. The first-order chi connectivity index (χ1) is 15.9. The van der Waals surface area contributed by atoms with Crippen molar-refractivity contribution >= 4 is 14.2 Å². The van der Waals surface area contributed by atoms with E-state index < -0.39 is 14.2 Å². The molecule has 0 bridgehead atoms. The van der Waals surface area contributed by atoms with E-state index >= 15 is 0 Å². The minimum atomic E-state index is -1.31. The van der Waals surface area contributed by atoms with Crippen molar-refractivity contribution in [3.8, 4) is 0 Å². The Morgan fingerprint density at radius 3 is 0.489 bits per heavy atom. The smallest absolute Gasteiger partial charge is 0.412 e. The minimum absolute atomic E-state index is 0. The maximum absolute atomic E-state index is 3.96. The summed E-state index contributed by atoms with van der Waals surface area (Å²) in [7, 11) is -2.63. The first-order valence-electron chi connectivity index (χ1n) is 9.40. The van der Waals surface area contributed by atoms with Crippen molar-refractivity contribution in [3.05, 3.63) is 74.4 Å². The Kier molecular flexibility index (Phi) is 42.8. The van der Waals surface area contributed by atoms with Crippen LogP contribution in [0.2, 0.25) is 0 Å². The molecule has 0 spiro atoms. The van der Waals surface area contributed by atoms with Crippen LogP contribution in [0, 0.1) is 0 Å². The zero-order valence-corrected chi connectivity index (χ0v) is 23.7. The second kappa shape index (κ2) is 30.4. The van der Waals surface area contributed by atoms with Gasteiger partial charge in [0.05, 0.1) is 37.2 Å². The van der Waals surface area contributed by atoms with Crippen LogP contribution in [0.4, 0.5) is 0 Å². The SMILES string of the molecule is O.O.O.O.O.O.O.O.O.O.O.O.[Ni+2].c1cn([BH-](n2ccnn2)n2ccnn2)nn1.c1cn([BH-](n2ccnn2)n2ccnn2)nn1. The van der Waals surface area contributed by atoms with Gasteiger partial charge in [0.2, 0.25) is 0 Å². The molecule has 264 valence electrons. The topological polar surface area (TPSA) is 562 Å². The molecule has 6 aromatic rings. The largest absolute Gasteiger partial charge is 2.00 e. The van der Waals surface area contributed by atoms with Gasteiger partial charge in [-0.1, -0.05) is 0 Å². The van der Waals surface area contributed by atoms with Crippen molar-refractivity contribution < 1.29 is 82.2 Å². The summed E-state index contributed by atoms with van der Waals surface area (Å²) in [5.41, 5.74) is 0. The van der Waals surface area contributed by atoms with Crippen LogP contribution in [-0.2, 0) is 16.5 Å². The Bertz CT molecular complexity index is 1040. The zero-order chi connectivity index (χ0) is 21.6. The Hall–Kier alpha value is -5.02. The summed E-state index contributed by atoms with van der Waals surface area (Å²) >= 11 is 0. The van der Waals surface area contributed by atoms with E-state index in [1.165, 1.54) is 0 Å². The number of rotatable bonds is 6. The molecule has 45 heavy (non-hydrogen) atoms. The van der Waals surface area contributed by atoms with Crippen molar-refractivity contribution in [2.75, 3.05) is 0 Å². The minimum Gasteiger partial charge on any atom is -0.412 e. The Morgan fingerprint density at radius 1 is 0.267 bits per heavy atom. The first-order valence-corrected chi connectivity index (χ1v) is 9.40. The summed E-state index contributed by atoms with van der Waals surface area (Å²) < 4.78 is 10.1. The number of hydrogen-bond donors (Lipinski definition) is 0. The van der Waals surface area contributed by atoms with Gasteiger partial charge in [0.15, 0.2) is 0 Å². The monoisotopic (exact) mass is 706 g/mol.